The van der Waals surface area contributed by atoms with E-state index in [0.717, 1.165) is 12.0 Å². The summed E-state index contributed by atoms with van der Waals surface area (Å²) in [6, 6.07) is 11.7. The van der Waals surface area contributed by atoms with Crippen molar-refractivity contribution in [2.45, 2.75) is 70.8 Å². The van der Waals surface area contributed by atoms with Crippen molar-refractivity contribution in [3.63, 3.8) is 0 Å². The van der Waals surface area contributed by atoms with E-state index in [2.05, 4.69) is 10.6 Å². The summed E-state index contributed by atoms with van der Waals surface area (Å²) in [5.74, 6) is -4.55. The highest BCUT2D eigenvalue weighted by Crippen LogP contribution is 2.28. The van der Waals surface area contributed by atoms with Crippen LogP contribution in [0.4, 0.5) is 5.69 Å². The van der Waals surface area contributed by atoms with Gasteiger partial charge < -0.3 is 30.0 Å². The van der Waals surface area contributed by atoms with Crippen LogP contribution in [0.3, 0.4) is 0 Å². The van der Waals surface area contributed by atoms with Crippen LogP contribution in [0, 0.1) is 5.92 Å². The van der Waals surface area contributed by atoms with Crippen LogP contribution in [0.5, 0.6) is 5.75 Å². The minimum absolute atomic E-state index is 0.00993. The average Bonchev–Trinajstić information content (AvgIpc) is 2.95. The number of anilines is 1. The third-order valence-corrected chi connectivity index (χ3v) is 6.57. The molecule has 0 aromatic heterocycles. The Hall–Kier alpha value is -4.41. The number of hydrogen-bond donors (Lipinski definition) is 3. The Morgan fingerprint density at radius 3 is 2.38 bits per heavy atom. The molecule has 214 valence electrons. The molecule has 40 heavy (non-hydrogen) atoms. The number of esters is 3. The Morgan fingerprint density at radius 1 is 1.00 bits per heavy atom. The smallest absolute Gasteiger partial charge is 0.332 e. The Balaban J connectivity index is 1.91. The molecule has 0 aliphatic carbocycles. The maximum absolute atomic E-state index is 13.5. The van der Waals surface area contributed by atoms with Crippen LogP contribution in [0.25, 0.3) is 0 Å². The largest absolute Gasteiger partial charge is 0.505 e. The van der Waals surface area contributed by atoms with Crippen LogP contribution in [-0.4, -0.2) is 59.7 Å². The number of phenolic OH excluding ortho intramolecular Hbond substituents is 1. The van der Waals surface area contributed by atoms with Gasteiger partial charge in [-0.25, -0.2) is 4.79 Å². The molecule has 0 bridgehead atoms. The van der Waals surface area contributed by atoms with Crippen molar-refractivity contribution in [2.75, 3.05) is 5.32 Å². The summed E-state index contributed by atoms with van der Waals surface area (Å²) in [7, 11) is 0. The van der Waals surface area contributed by atoms with Crippen LogP contribution in [-0.2, 0) is 39.8 Å². The van der Waals surface area contributed by atoms with E-state index in [1.54, 1.807) is 0 Å². The van der Waals surface area contributed by atoms with Gasteiger partial charge in [-0.05, 0) is 44.4 Å². The number of carbonyl (C=O) groups is 5. The summed E-state index contributed by atoms with van der Waals surface area (Å²) in [5, 5.41) is 15.1. The summed E-state index contributed by atoms with van der Waals surface area (Å²) < 4.78 is 17.0. The van der Waals surface area contributed by atoms with Crippen molar-refractivity contribution >= 4 is 35.9 Å². The number of unbranched alkanes of at least 4 members (excludes halogenated alkanes) is 1. The van der Waals surface area contributed by atoms with E-state index < -0.39 is 59.8 Å². The molecule has 2 amide bonds. The first-order valence-corrected chi connectivity index (χ1v) is 13.1. The van der Waals surface area contributed by atoms with Crippen molar-refractivity contribution in [2.24, 2.45) is 5.92 Å². The van der Waals surface area contributed by atoms with Crippen molar-refractivity contribution in [3.05, 3.63) is 59.7 Å². The molecule has 11 nitrogen and oxygen atoms in total. The van der Waals surface area contributed by atoms with E-state index in [1.165, 1.54) is 32.0 Å². The SMILES string of the molecule is CCCCC(=O)OC1C(C)OC(=O)C(NC(=O)c2cccc(NC=O)c2O)C(C)OC(=O)C1Cc1ccccc1. The van der Waals surface area contributed by atoms with Gasteiger partial charge >= 0.3 is 17.9 Å². The number of para-hydroxylation sites is 1. The van der Waals surface area contributed by atoms with Crippen LogP contribution in [0.15, 0.2) is 48.5 Å². The predicted octanol–water partition coefficient (Wildman–Crippen LogP) is 2.90. The topological polar surface area (TPSA) is 157 Å². The van der Waals surface area contributed by atoms with Crippen molar-refractivity contribution in [3.8, 4) is 5.75 Å². The molecule has 0 saturated carbocycles. The Morgan fingerprint density at radius 2 is 1.70 bits per heavy atom. The average molecular weight is 555 g/mol. The predicted molar refractivity (Wildman–Crippen MR) is 143 cm³/mol. The molecule has 11 heteroatoms. The summed E-state index contributed by atoms with van der Waals surface area (Å²) in [6.07, 6.45) is -1.39. The number of carbonyl (C=O) groups excluding carboxylic acids is 5. The van der Waals surface area contributed by atoms with Gasteiger partial charge in [0.25, 0.3) is 5.91 Å². The molecule has 0 spiro atoms. The van der Waals surface area contributed by atoms with Gasteiger partial charge in [0.2, 0.25) is 6.41 Å². The van der Waals surface area contributed by atoms with Gasteiger partial charge in [-0.15, -0.1) is 0 Å². The molecule has 5 unspecified atom stereocenters. The van der Waals surface area contributed by atoms with Crippen LogP contribution in [0.1, 0.15) is 56.0 Å². The number of ether oxygens (including phenoxy) is 3. The number of phenols is 1. The molecular weight excluding hydrogens is 520 g/mol. The van der Waals surface area contributed by atoms with Crippen LogP contribution in [0.2, 0.25) is 0 Å². The second-order valence-electron chi connectivity index (χ2n) is 9.55. The first kappa shape index (κ1) is 30.1. The number of rotatable bonds is 10. The molecular formula is C29H34N2O9. The molecule has 0 radical (unpaired) electrons. The van der Waals surface area contributed by atoms with Gasteiger partial charge in [0.05, 0.1) is 11.3 Å². The number of amides is 2. The number of hydrogen-bond acceptors (Lipinski definition) is 9. The van der Waals surface area contributed by atoms with Crippen LogP contribution < -0.4 is 10.6 Å². The minimum atomic E-state index is -1.45. The zero-order valence-corrected chi connectivity index (χ0v) is 22.6. The number of benzene rings is 2. The first-order chi connectivity index (χ1) is 19.2. The molecule has 3 N–H and O–H groups in total. The van der Waals surface area contributed by atoms with E-state index in [-0.39, 0.29) is 24.1 Å². The lowest BCUT2D eigenvalue weighted by molar-refractivity contribution is -0.174. The lowest BCUT2D eigenvalue weighted by Crippen LogP contribution is -2.50. The monoisotopic (exact) mass is 554 g/mol. The van der Waals surface area contributed by atoms with Gasteiger partial charge in [0.15, 0.2) is 17.9 Å². The fraction of sp³-hybridized carbons (Fsp3) is 0.414. The van der Waals surface area contributed by atoms with Gasteiger partial charge in [0.1, 0.15) is 18.1 Å². The maximum atomic E-state index is 13.5. The van der Waals surface area contributed by atoms with Crippen LogP contribution >= 0.6 is 0 Å². The van der Waals surface area contributed by atoms with E-state index in [0.29, 0.717) is 12.8 Å². The maximum Gasteiger partial charge on any atom is 0.332 e. The number of cyclic esters (lactones) is 2. The molecule has 1 aliphatic rings. The van der Waals surface area contributed by atoms with Crippen molar-refractivity contribution < 1.29 is 43.3 Å². The zero-order chi connectivity index (χ0) is 29.2. The molecule has 2 aromatic rings. The molecule has 1 fully saturated rings. The highest BCUT2D eigenvalue weighted by molar-refractivity contribution is 6.01. The molecule has 1 saturated heterocycles. The van der Waals surface area contributed by atoms with Crippen molar-refractivity contribution in [1.82, 2.24) is 5.32 Å². The normalized spacial score (nSPS) is 22.9. The van der Waals surface area contributed by atoms with Gasteiger partial charge in [-0.2, -0.15) is 0 Å². The lowest BCUT2D eigenvalue weighted by atomic mass is 9.91. The summed E-state index contributed by atoms with van der Waals surface area (Å²) in [4.78, 5) is 63.2. The van der Waals surface area contributed by atoms with E-state index in [1.807, 2.05) is 37.3 Å². The Labute approximate surface area is 232 Å². The highest BCUT2D eigenvalue weighted by Gasteiger charge is 2.44. The third-order valence-electron chi connectivity index (χ3n) is 6.57. The summed E-state index contributed by atoms with van der Waals surface area (Å²) >= 11 is 0. The van der Waals surface area contributed by atoms with Gasteiger partial charge in [-0.1, -0.05) is 49.7 Å². The number of aromatic hydroxyl groups is 1. The van der Waals surface area contributed by atoms with E-state index >= 15 is 0 Å². The summed E-state index contributed by atoms with van der Waals surface area (Å²) in [6.45, 7) is 4.86. The van der Waals surface area contributed by atoms with Gasteiger partial charge in [-0.3, -0.25) is 19.2 Å². The first-order valence-electron chi connectivity index (χ1n) is 13.1. The minimum Gasteiger partial charge on any atom is -0.505 e. The Bertz CT molecular complexity index is 1220. The fourth-order valence-electron chi connectivity index (χ4n) is 4.39. The molecule has 1 heterocycles. The van der Waals surface area contributed by atoms with E-state index in [4.69, 9.17) is 14.2 Å². The molecule has 5 atom stereocenters. The third kappa shape index (κ3) is 7.58. The highest BCUT2D eigenvalue weighted by atomic mass is 16.6. The lowest BCUT2D eigenvalue weighted by Gasteiger charge is -2.29. The Kier molecular flexibility index (Phi) is 10.6. The molecule has 3 rings (SSSR count). The zero-order valence-electron chi connectivity index (χ0n) is 22.6. The van der Waals surface area contributed by atoms with Gasteiger partial charge in [0, 0.05) is 6.42 Å². The molecule has 1 aliphatic heterocycles. The summed E-state index contributed by atoms with van der Waals surface area (Å²) in [5.41, 5.74) is 0.550. The van der Waals surface area contributed by atoms with E-state index in [9.17, 15) is 29.1 Å². The van der Waals surface area contributed by atoms with Crippen molar-refractivity contribution in [1.29, 1.82) is 0 Å². The number of nitrogens with one attached hydrogen (secondary N) is 2. The quantitative estimate of drug-likeness (QED) is 0.174. The second-order valence-corrected chi connectivity index (χ2v) is 9.55. The standard InChI is InChI=1S/C29H34N2O9/c1-4-5-14-23(33)40-26-18(3)39-29(37)24(31-27(35)20-12-9-13-22(25(20)34)30-16-32)17(2)38-28(36)21(26)15-19-10-7-6-8-11-19/h6-13,16-18,21,24,26,34H,4-5,14-15H2,1-3H3,(H,30,32)(H,31,35). The molecule has 2 aromatic carbocycles. The fourth-order valence-corrected chi connectivity index (χ4v) is 4.39. The second kappa shape index (κ2) is 14.1.